The average Bonchev–Trinajstić information content (AvgIpc) is 2.18. The minimum atomic E-state index is -0.381. The number of hydrogen-bond donors (Lipinski definition) is 0. The first-order valence-electron chi connectivity index (χ1n) is 4.02. The molecule has 0 saturated carbocycles. The Morgan fingerprint density at radius 2 is 2.08 bits per heavy atom. The van der Waals surface area contributed by atoms with Crippen LogP contribution in [0.5, 0.6) is 0 Å². The van der Waals surface area contributed by atoms with Crippen molar-refractivity contribution in [2.45, 2.75) is 0 Å². The van der Waals surface area contributed by atoms with Crippen LogP contribution in [0.3, 0.4) is 0 Å². The summed E-state index contributed by atoms with van der Waals surface area (Å²) in [5.41, 5.74) is 1.36. The van der Waals surface area contributed by atoms with E-state index in [2.05, 4.69) is 0 Å². The molecule has 2 heteroatoms. The molecule has 13 heavy (non-hydrogen) atoms. The lowest BCUT2D eigenvalue weighted by atomic mass is 9.84. The highest BCUT2D eigenvalue weighted by atomic mass is 16.1. The first kappa shape index (κ1) is 7.92. The minimum Gasteiger partial charge on any atom is -0.290 e. The van der Waals surface area contributed by atoms with Crippen LogP contribution in [-0.4, -0.2) is 12.1 Å². The number of hydrogen-bond acceptors (Lipinski definition) is 2. The van der Waals surface area contributed by atoms with E-state index in [0.29, 0.717) is 5.57 Å². The Morgan fingerprint density at radius 3 is 2.85 bits per heavy atom. The number of carbonyl (C=O) groups excluding carboxylic acids is 2. The predicted octanol–water partition coefficient (Wildman–Crippen LogP) is 1.27. The number of rotatable bonds is 1. The van der Waals surface area contributed by atoms with E-state index >= 15 is 0 Å². The molecule has 0 aromatic carbocycles. The van der Waals surface area contributed by atoms with Gasteiger partial charge in [-0.3, -0.25) is 9.59 Å². The van der Waals surface area contributed by atoms with E-state index in [-0.39, 0.29) is 11.7 Å². The molecule has 2 aliphatic carbocycles. The molecule has 0 bridgehead atoms. The van der Waals surface area contributed by atoms with Gasteiger partial charge in [-0.25, -0.2) is 0 Å². The number of ketones is 1. The summed E-state index contributed by atoms with van der Waals surface area (Å²) in [6.07, 6.45) is 12.0. The van der Waals surface area contributed by atoms with Crippen molar-refractivity contribution < 1.29 is 9.59 Å². The normalized spacial score (nSPS) is 24.9. The fraction of sp³-hybridized carbons (Fsp3) is 0.0909. The third kappa shape index (κ3) is 1.20. The highest BCUT2D eigenvalue weighted by Gasteiger charge is 2.23. The molecule has 2 rings (SSSR count). The van der Waals surface area contributed by atoms with Crippen LogP contribution in [0.1, 0.15) is 0 Å². The lowest BCUT2D eigenvalue weighted by Crippen LogP contribution is -2.15. The molecule has 0 aliphatic heterocycles. The van der Waals surface area contributed by atoms with E-state index in [1.807, 2.05) is 6.29 Å². The molecule has 0 fully saturated rings. The molecule has 2 aliphatic rings. The van der Waals surface area contributed by atoms with Gasteiger partial charge >= 0.3 is 0 Å². The zero-order chi connectivity index (χ0) is 9.26. The Morgan fingerprint density at radius 1 is 1.23 bits per heavy atom. The molecule has 0 aromatic heterocycles. The fourth-order valence-electron chi connectivity index (χ4n) is 1.48. The largest absolute Gasteiger partial charge is 0.290 e. The molecular formula is C11H7O2. The molecule has 1 radical (unpaired) electrons. The quantitative estimate of drug-likeness (QED) is 0.595. The Bertz CT molecular complexity index is 381. The zero-order valence-corrected chi connectivity index (χ0v) is 6.86. The molecule has 0 amide bonds. The van der Waals surface area contributed by atoms with Crippen LogP contribution in [0.2, 0.25) is 0 Å². The average molecular weight is 171 g/mol. The SMILES string of the molecule is O=[C]C1C=CC=C2C(=O)C=CC=C21. The van der Waals surface area contributed by atoms with Crippen molar-refractivity contribution in [3.63, 3.8) is 0 Å². The van der Waals surface area contributed by atoms with Gasteiger partial charge in [0.15, 0.2) is 5.78 Å². The maximum Gasteiger partial charge on any atom is 0.210 e. The lowest BCUT2D eigenvalue weighted by molar-refractivity contribution is -0.111. The van der Waals surface area contributed by atoms with Crippen molar-refractivity contribution in [3.05, 3.63) is 47.6 Å². The van der Waals surface area contributed by atoms with Crippen molar-refractivity contribution in [1.29, 1.82) is 0 Å². The van der Waals surface area contributed by atoms with E-state index in [1.54, 1.807) is 30.4 Å². The minimum absolute atomic E-state index is 0.0397. The van der Waals surface area contributed by atoms with E-state index in [0.717, 1.165) is 5.57 Å². The summed E-state index contributed by atoms with van der Waals surface area (Å²) >= 11 is 0. The Balaban J connectivity index is 2.49. The molecule has 0 aromatic rings. The van der Waals surface area contributed by atoms with Gasteiger partial charge in [-0.2, -0.15) is 0 Å². The highest BCUT2D eigenvalue weighted by Crippen LogP contribution is 2.27. The standard InChI is InChI=1S/C11H7O2/c12-7-8-3-1-5-10-9(8)4-2-6-11(10)13/h1-6,8H. The second kappa shape index (κ2) is 2.98. The summed E-state index contributed by atoms with van der Waals surface area (Å²) in [6.45, 7) is 0. The van der Waals surface area contributed by atoms with Gasteiger partial charge in [0, 0.05) is 5.57 Å². The summed E-state index contributed by atoms with van der Waals surface area (Å²) < 4.78 is 0. The van der Waals surface area contributed by atoms with Crippen LogP contribution in [0.4, 0.5) is 0 Å². The van der Waals surface area contributed by atoms with Gasteiger partial charge in [0.25, 0.3) is 0 Å². The topological polar surface area (TPSA) is 34.1 Å². The van der Waals surface area contributed by atoms with Crippen LogP contribution in [0, 0.1) is 5.92 Å². The first-order chi connectivity index (χ1) is 6.33. The zero-order valence-electron chi connectivity index (χ0n) is 6.86. The summed E-state index contributed by atoms with van der Waals surface area (Å²) in [5.74, 6) is -0.420. The van der Waals surface area contributed by atoms with Crippen molar-refractivity contribution in [2.75, 3.05) is 0 Å². The third-order valence-corrected chi connectivity index (χ3v) is 2.13. The fourth-order valence-corrected chi connectivity index (χ4v) is 1.48. The molecule has 1 unspecified atom stereocenters. The molecule has 2 nitrogen and oxygen atoms in total. The monoisotopic (exact) mass is 171 g/mol. The number of fused-ring (bicyclic) bond motifs is 1. The molecule has 1 atom stereocenters. The second-order valence-corrected chi connectivity index (χ2v) is 2.91. The van der Waals surface area contributed by atoms with Crippen LogP contribution in [-0.2, 0) is 9.59 Å². The van der Waals surface area contributed by atoms with Gasteiger partial charge in [0.05, 0.1) is 5.92 Å². The van der Waals surface area contributed by atoms with Crippen molar-refractivity contribution in [2.24, 2.45) is 5.92 Å². The van der Waals surface area contributed by atoms with Crippen LogP contribution >= 0.6 is 0 Å². The number of carbonyl (C=O) groups is 1. The number of allylic oxidation sites excluding steroid dienone is 8. The van der Waals surface area contributed by atoms with Crippen molar-refractivity contribution in [1.82, 2.24) is 0 Å². The van der Waals surface area contributed by atoms with E-state index in [4.69, 9.17) is 0 Å². The van der Waals surface area contributed by atoms with Gasteiger partial charge < -0.3 is 0 Å². The Labute approximate surface area is 75.9 Å². The van der Waals surface area contributed by atoms with Gasteiger partial charge in [0.2, 0.25) is 6.29 Å². The Kier molecular flexibility index (Phi) is 1.81. The molecule has 0 spiro atoms. The van der Waals surface area contributed by atoms with Crippen LogP contribution in [0.15, 0.2) is 47.6 Å². The predicted molar refractivity (Wildman–Crippen MR) is 48.6 cm³/mol. The molecular weight excluding hydrogens is 164 g/mol. The lowest BCUT2D eigenvalue weighted by Gasteiger charge is -2.17. The molecule has 0 saturated heterocycles. The second-order valence-electron chi connectivity index (χ2n) is 2.91. The van der Waals surface area contributed by atoms with Gasteiger partial charge in [-0.05, 0) is 11.6 Å². The summed E-state index contributed by atoms with van der Waals surface area (Å²) in [7, 11) is 0. The maximum atomic E-state index is 11.3. The van der Waals surface area contributed by atoms with Crippen LogP contribution in [0.25, 0.3) is 0 Å². The molecule has 0 heterocycles. The summed E-state index contributed by atoms with van der Waals surface area (Å²) in [4.78, 5) is 21.9. The third-order valence-electron chi connectivity index (χ3n) is 2.13. The van der Waals surface area contributed by atoms with Crippen molar-refractivity contribution >= 4 is 12.1 Å². The van der Waals surface area contributed by atoms with E-state index in [9.17, 15) is 9.59 Å². The van der Waals surface area contributed by atoms with Gasteiger partial charge in [0.1, 0.15) is 0 Å². The smallest absolute Gasteiger partial charge is 0.210 e. The highest BCUT2D eigenvalue weighted by molar-refractivity contribution is 6.10. The summed E-state index contributed by atoms with van der Waals surface area (Å²) in [6, 6.07) is 0. The van der Waals surface area contributed by atoms with Gasteiger partial charge in [-0.15, -0.1) is 0 Å². The van der Waals surface area contributed by atoms with E-state index < -0.39 is 0 Å². The van der Waals surface area contributed by atoms with Gasteiger partial charge in [-0.1, -0.05) is 30.4 Å². The molecule has 0 N–H and O–H groups in total. The Hall–Kier alpha value is -1.70. The van der Waals surface area contributed by atoms with Crippen molar-refractivity contribution in [3.8, 4) is 0 Å². The maximum absolute atomic E-state index is 11.3. The first-order valence-corrected chi connectivity index (χ1v) is 4.02. The summed E-state index contributed by atoms with van der Waals surface area (Å²) in [5, 5.41) is 0. The van der Waals surface area contributed by atoms with Crippen LogP contribution < -0.4 is 0 Å². The molecule has 63 valence electrons. The van der Waals surface area contributed by atoms with E-state index in [1.165, 1.54) is 6.08 Å².